The molecule has 2 heteroatoms. The molecule has 2 atom stereocenters. The van der Waals surface area contributed by atoms with E-state index < -0.39 is 0 Å². The van der Waals surface area contributed by atoms with E-state index in [1.165, 1.54) is 16.5 Å². The lowest BCUT2D eigenvalue weighted by molar-refractivity contribution is 0.396. The number of rotatable bonds is 0. The summed E-state index contributed by atoms with van der Waals surface area (Å²) in [4.78, 5) is 4.46. The van der Waals surface area contributed by atoms with E-state index in [1.807, 2.05) is 12.3 Å². The first kappa shape index (κ1) is 7.60. The van der Waals surface area contributed by atoms with E-state index >= 15 is 0 Å². The van der Waals surface area contributed by atoms with E-state index in [9.17, 15) is 0 Å². The van der Waals surface area contributed by atoms with Gasteiger partial charge < -0.3 is 4.74 Å². The van der Waals surface area contributed by atoms with E-state index in [2.05, 4.69) is 35.3 Å². The maximum atomic E-state index is 5.59. The normalized spacial score (nSPS) is 26.1. The molecule has 1 saturated heterocycles. The molecule has 1 aromatic heterocycles. The fourth-order valence-electron chi connectivity index (χ4n) is 2.33. The van der Waals surface area contributed by atoms with Crippen LogP contribution in [-0.2, 0) is 4.74 Å². The van der Waals surface area contributed by atoms with E-state index in [-0.39, 0.29) is 6.10 Å². The van der Waals surface area contributed by atoms with Crippen LogP contribution < -0.4 is 0 Å². The molecular weight excluding hydrogens is 186 g/mol. The molecule has 15 heavy (non-hydrogen) atoms. The number of ether oxygens (including phenoxy) is 1. The van der Waals surface area contributed by atoms with Crippen LogP contribution in [0.15, 0.2) is 36.5 Å². The summed E-state index contributed by atoms with van der Waals surface area (Å²) in [5.41, 5.74) is 3.60. The van der Waals surface area contributed by atoms with Crippen LogP contribution in [0.2, 0.25) is 0 Å². The van der Waals surface area contributed by atoms with Gasteiger partial charge in [-0.25, -0.2) is 0 Å². The minimum Gasteiger partial charge on any atom is -0.360 e. The Balaban J connectivity index is 2.15. The fourth-order valence-corrected chi connectivity index (χ4v) is 2.33. The largest absolute Gasteiger partial charge is 0.360 e. The average molecular weight is 195 g/mol. The van der Waals surface area contributed by atoms with Crippen LogP contribution in [0, 0.1) is 0 Å². The fraction of sp³-hybridized carbons (Fsp3) is 0.154. The third-order valence-electron chi connectivity index (χ3n) is 3.12. The number of hydrogen-bond donors (Lipinski definition) is 0. The van der Waals surface area contributed by atoms with Gasteiger partial charge in [0.05, 0.1) is 5.52 Å². The number of pyridine rings is 1. The predicted octanol–water partition coefficient (Wildman–Crippen LogP) is 2.70. The van der Waals surface area contributed by atoms with Gasteiger partial charge in [-0.2, -0.15) is 0 Å². The zero-order valence-corrected chi connectivity index (χ0v) is 8.05. The molecule has 1 aliphatic heterocycles. The molecule has 2 nitrogen and oxygen atoms in total. The Morgan fingerprint density at radius 1 is 1.20 bits per heavy atom. The summed E-state index contributed by atoms with van der Waals surface area (Å²) in [6, 6.07) is 8.33. The van der Waals surface area contributed by atoms with Gasteiger partial charge in [0, 0.05) is 17.1 Å². The Labute approximate surface area is 87.2 Å². The molecule has 0 spiro atoms. The SMILES string of the molecule is C1=C[C@@H]2O[C@@H]2c2c1ccc1cccnc21. The van der Waals surface area contributed by atoms with Crippen LogP contribution in [0.25, 0.3) is 17.0 Å². The van der Waals surface area contributed by atoms with E-state index in [0.29, 0.717) is 6.10 Å². The number of epoxide rings is 1. The smallest absolute Gasteiger partial charge is 0.116 e. The molecule has 72 valence electrons. The van der Waals surface area contributed by atoms with Crippen LogP contribution in [0.3, 0.4) is 0 Å². The van der Waals surface area contributed by atoms with Gasteiger partial charge in [-0.05, 0) is 11.6 Å². The first-order valence-corrected chi connectivity index (χ1v) is 5.15. The van der Waals surface area contributed by atoms with Gasteiger partial charge >= 0.3 is 0 Å². The van der Waals surface area contributed by atoms with Gasteiger partial charge in [0.2, 0.25) is 0 Å². The molecule has 0 radical (unpaired) electrons. The zero-order chi connectivity index (χ0) is 9.83. The molecule has 2 heterocycles. The van der Waals surface area contributed by atoms with Crippen LogP contribution in [-0.4, -0.2) is 11.1 Å². The van der Waals surface area contributed by atoms with Crippen LogP contribution >= 0.6 is 0 Å². The highest BCUT2D eigenvalue weighted by Gasteiger charge is 2.42. The third-order valence-corrected chi connectivity index (χ3v) is 3.12. The van der Waals surface area contributed by atoms with E-state index in [0.717, 1.165) is 5.52 Å². The van der Waals surface area contributed by atoms with Crippen LogP contribution in [0.1, 0.15) is 17.2 Å². The highest BCUT2D eigenvalue weighted by molar-refractivity contribution is 5.87. The van der Waals surface area contributed by atoms with Gasteiger partial charge in [0.1, 0.15) is 12.2 Å². The molecule has 1 aliphatic carbocycles. The number of hydrogen-bond acceptors (Lipinski definition) is 2. The number of benzene rings is 1. The van der Waals surface area contributed by atoms with Gasteiger partial charge in [-0.15, -0.1) is 0 Å². The number of nitrogens with zero attached hydrogens (tertiary/aromatic N) is 1. The van der Waals surface area contributed by atoms with Crippen molar-refractivity contribution in [2.24, 2.45) is 0 Å². The molecule has 0 N–H and O–H groups in total. The van der Waals surface area contributed by atoms with Crippen molar-refractivity contribution in [2.75, 3.05) is 0 Å². The second-order valence-corrected chi connectivity index (χ2v) is 4.02. The second kappa shape index (κ2) is 2.47. The first-order valence-electron chi connectivity index (χ1n) is 5.15. The quantitative estimate of drug-likeness (QED) is 0.604. The van der Waals surface area contributed by atoms with Gasteiger partial charge in [0.25, 0.3) is 0 Å². The Morgan fingerprint density at radius 3 is 3.20 bits per heavy atom. The molecule has 0 unspecified atom stereocenters. The standard InChI is InChI=1S/C13H9NO/c1-2-9-4-3-8-5-6-10-13(15-10)11(8)12(9)14-7-1/h1-7,10,13H/t10-,13-/m0/s1. The van der Waals surface area contributed by atoms with Gasteiger partial charge in [0.15, 0.2) is 0 Å². The Bertz CT molecular complexity index is 588. The molecule has 0 amide bonds. The number of fused-ring (bicyclic) bond motifs is 5. The molecule has 1 fully saturated rings. The summed E-state index contributed by atoms with van der Waals surface area (Å²) in [7, 11) is 0. The lowest BCUT2D eigenvalue weighted by Gasteiger charge is -2.09. The maximum Gasteiger partial charge on any atom is 0.116 e. The van der Waals surface area contributed by atoms with Crippen molar-refractivity contribution in [3.63, 3.8) is 0 Å². The Morgan fingerprint density at radius 2 is 2.20 bits per heavy atom. The van der Waals surface area contributed by atoms with Gasteiger partial charge in [-0.1, -0.05) is 30.4 Å². The summed E-state index contributed by atoms with van der Waals surface area (Å²) in [5.74, 6) is 0. The monoisotopic (exact) mass is 195 g/mol. The summed E-state index contributed by atoms with van der Waals surface area (Å²) < 4.78 is 5.59. The first-order chi connectivity index (χ1) is 7.43. The molecule has 0 bridgehead atoms. The van der Waals surface area contributed by atoms with Crippen molar-refractivity contribution in [3.8, 4) is 0 Å². The molecule has 1 aromatic carbocycles. The minimum absolute atomic E-state index is 0.253. The van der Waals surface area contributed by atoms with Crippen molar-refractivity contribution in [1.82, 2.24) is 4.98 Å². The van der Waals surface area contributed by atoms with Gasteiger partial charge in [-0.3, -0.25) is 4.98 Å². The molecule has 2 aliphatic rings. The minimum atomic E-state index is 0.253. The highest BCUT2D eigenvalue weighted by atomic mass is 16.6. The van der Waals surface area contributed by atoms with E-state index in [1.54, 1.807) is 0 Å². The van der Waals surface area contributed by atoms with Crippen molar-refractivity contribution >= 4 is 17.0 Å². The second-order valence-electron chi connectivity index (χ2n) is 4.02. The topological polar surface area (TPSA) is 25.4 Å². The van der Waals surface area contributed by atoms with Crippen LogP contribution in [0.5, 0.6) is 0 Å². The predicted molar refractivity (Wildman–Crippen MR) is 58.4 cm³/mol. The third kappa shape index (κ3) is 0.944. The highest BCUT2D eigenvalue weighted by Crippen LogP contribution is 2.47. The Kier molecular flexibility index (Phi) is 1.25. The van der Waals surface area contributed by atoms with Crippen molar-refractivity contribution in [3.05, 3.63) is 47.7 Å². The lowest BCUT2D eigenvalue weighted by Crippen LogP contribution is -1.97. The molecule has 0 saturated carbocycles. The zero-order valence-electron chi connectivity index (χ0n) is 8.05. The summed E-state index contributed by atoms with van der Waals surface area (Å²) in [5, 5.41) is 1.20. The molecule has 2 aromatic rings. The maximum absolute atomic E-state index is 5.59. The molecular formula is C13H9NO. The van der Waals surface area contributed by atoms with Crippen molar-refractivity contribution in [2.45, 2.75) is 12.2 Å². The molecule has 4 rings (SSSR count). The Hall–Kier alpha value is -1.67. The van der Waals surface area contributed by atoms with E-state index in [4.69, 9.17) is 4.74 Å². The van der Waals surface area contributed by atoms with Crippen molar-refractivity contribution < 1.29 is 4.74 Å². The lowest BCUT2D eigenvalue weighted by atomic mass is 9.94. The van der Waals surface area contributed by atoms with Crippen molar-refractivity contribution in [1.29, 1.82) is 0 Å². The summed E-state index contributed by atoms with van der Waals surface area (Å²) in [6.45, 7) is 0. The summed E-state index contributed by atoms with van der Waals surface area (Å²) >= 11 is 0. The summed E-state index contributed by atoms with van der Waals surface area (Å²) in [6.07, 6.45) is 6.66. The van der Waals surface area contributed by atoms with Crippen LogP contribution in [0.4, 0.5) is 0 Å². The number of aromatic nitrogens is 1. The average Bonchev–Trinajstić information content (AvgIpc) is 3.07.